The van der Waals surface area contributed by atoms with Crippen LogP contribution in [-0.4, -0.2) is 13.2 Å². The van der Waals surface area contributed by atoms with Crippen LogP contribution < -0.4 is 14.4 Å². The lowest BCUT2D eigenvalue weighted by Crippen LogP contribution is -2.43. The Kier molecular flexibility index (Phi) is 6.90. The molecule has 1 atom stereocenters. The van der Waals surface area contributed by atoms with Crippen molar-refractivity contribution in [3.8, 4) is 0 Å². The fourth-order valence-corrected chi connectivity index (χ4v) is 2.62. The highest BCUT2D eigenvalue weighted by Gasteiger charge is 2.38. The third-order valence-electron chi connectivity index (χ3n) is 3.73. The first-order valence-electron chi connectivity index (χ1n) is 8.26. The molecule has 0 unspecified atom stereocenters. The van der Waals surface area contributed by atoms with Crippen LogP contribution in [-0.2, 0) is 7.05 Å². The van der Waals surface area contributed by atoms with E-state index < -0.39 is 0 Å². The summed E-state index contributed by atoms with van der Waals surface area (Å²) in [5.74, 6) is 1.21. The molecular formula is C19H30N3+. The number of para-hydroxylation sites is 2. The van der Waals surface area contributed by atoms with Gasteiger partial charge in [0.25, 0.3) is 5.82 Å². The zero-order chi connectivity index (χ0) is 16.7. The monoisotopic (exact) mass is 300 g/mol. The Morgan fingerprint density at radius 1 is 0.864 bits per heavy atom. The quantitative estimate of drug-likeness (QED) is 0.718. The molecule has 0 N–H and O–H groups in total. The first-order valence-corrected chi connectivity index (χ1v) is 8.26. The van der Waals surface area contributed by atoms with Gasteiger partial charge in [-0.1, -0.05) is 45.9 Å². The number of hydrogen-bond donors (Lipinski definition) is 0. The van der Waals surface area contributed by atoms with Gasteiger partial charge in [0.15, 0.2) is 11.9 Å². The summed E-state index contributed by atoms with van der Waals surface area (Å²) >= 11 is 0. The number of benzene rings is 1. The van der Waals surface area contributed by atoms with E-state index in [0.29, 0.717) is 6.17 Å². The van der Waals surface area contributed by atoms with Gasteiger partial charge in [0.05, 0.1) is 18.9 Å². The summed E-state index contributed by atoms with van der Waals surface area (Å²) in [6.07, 6.45) is 2.42. The van der Waals surface area contributed by atoms with Crippen LogP contribution >= 0.6 is 0 Å². The van der Waals surface area contributed by atoms with Gasteiger partial charge in [-0.2, -0.15) is 0 Å². The van der Waals surface area contributed by atoms with Crippen LogP contribution in [0.15, 0.2) is 48.7 Å². The number of pyridine rings is 1. The second-order valence-corrected chi connectivity index (χ2v) is 4.77. The number of hydrogen-bond acceptors (Lipinski definition) is 2. The van der Waals surface area contributed by atoms with E-state index in [1.807, 2.05) is 27.7 Å². The summed E-state index contributed by atoms with van der Waals surface area (Å²) in [5.41, 5.74) is 2.56. The van der Waals surface area contributed by atoms with Crippen LogP contribution in [0.2, 0.25) is 0 Å². The van der Waals surface area contributed by atoms with E-state index in [9.17, 15) is 0 Å². The SMILES string of the molecule is CC.CC.C[C@@H]1N(C)c2ccccc2N1c1cccc[n+]1C. The van der Waals surface area contributed by atoms with Gasteiger partial charge in [0.2, 0.25) is 0 Å². The lowest BCUT2D eigenvalue weighted by molar-refractivity contribution is -0.658. The molecule has 1 aliphatic heterocycles. The van der Waals surface area contributed by atoms with E-state index in [-0.39, 0.29) is 0 Å². The molecule has 1 aromatic carbocycles. The lowest BCUT2D eigenvalue weighted by atomic mass is 10.2. The van der Waals surface area contributed by atoms with Crippen LogP contribution in [0, 0.1) is 0 Å². The van der Waals surface area contributed by atoms with Crippen molar-refractivity contribution < 1.29 is 4.57 Å². The normalized spacial score (nSPS) is 15.3. The van der Waals surface area contributed by atoms with E-state index in [0.717, 1.165) is 0 Å². The number of rotatable bonds is 1. The Morgan fingerprint density at radius 3 is 2.00 bits per heavy atom. The van der Waals surface area contributed by atoms with Crippen LogP contribution in [0.1, 0.15) is 34.6 Å². The summed E-state index contributed by atoms with van der Waals surface area (Å²) in [5, 5.41) is 0. The van der Waals surface area contributed by atoms with Gasteiger partial charge in [-0.3, -0.25) is 0 Å². The van der Waals surface area contributed by atoms with E-state index in [4.69, 9.17) is 0 Å². The number of anilines is 3. The standard InChI is InChI=1S/C15H18N3.2C2H6/c1-12-17(3)13-8-4-5-9-14(13)18(12)15-10-6-7-11-16(15)2;2*1-2/h4-12H,1-3H3;2*1-2H3/q+1;;/t12-;;/m1../s1. The zero-order valence-corrected chi connectivity index (χ0v) is 15.0. The summed E-state index contributed by atoms with van der Waals surface area (Å²) in [6, 6.07) is 14.9. The summed E-state index contributed by atoms with van der Waals surface area (Å²) < 4.78 is 2.16. The molecule has 1 aliphatic rings. The van der Waals surface area contributed by atoms with E-state index in [1.165, 1.54) is 17.2 Å². The molecule has 0 saturated heterocycles. The molecule has 22 heavy (non-hydrogen) atoms. The third kappa shape index (κ3) is 3.24. The molecule has 120 valence electrons. The summed E-state index contributed by atoms with van der Waals surface area (Å²) in [4.78, 5) is 4.68. The number of fused-ring (bicyclic) bond motifs is 1. The fraction of sp³-hybridized carbons (Fsp3) is 0.421. The molecule has 2 aromatic rings. The van der Waals surface area contributed by atoms with Crippen molar-refractivity contribution in [3.05, 3.63) is 48.7 Å². The molecule has 0 bridgehead atoms. The highest BCUT2D eigenvalue weighted by Crippen LogP contribution is 2.41. The van der Waals surface area contributed by atoms with Crippen molar-refractivity contribution in [1.82, 2.24) is 0 Å². The fourth-order valence-electron chi connectivity index (χ4n) is 2.62. The molecule has 2 heterocycles. The highest BCUT2D eigenvalue weighted by atomic mass is 15.4. The molecule has 0 radical (unpaired) electrons. The van der Waals surface area contributed by atoms with Gasteiger partial charge in [0, 0.05) is 13.1 Å². The van der Waals surface area contributed by atoms with Crippen molar-refractivity contribution in [2.75, 3.05) is 16.8 Å². The molecule has 0 aliphatic carbocycles. The first kappa shape index (κ1) is 18.0. The Morgan fingerprint density at radius 2 is 1.41 bits per heavy atom. The largest absolute Gasteiger partial charge is 0.333 e. The molecule has 3 rings (SSSR count). The average molecular weight is 300 g/mol. The molecule has 0 fully saturated rings. The first-order chi connectivity index (χ1) is 10.7. The smallest absolute Gasteiger partial charge is 0.283 e. The van der Waals surface area contributed by atoms with Crippen LogP contribution in [0.25, 0.3) is 0 Å². The second kappa shape index (κ2) is 8.42. The predicted molar refractivity (Wildman–Crippen MR) is 96.8 cm³/mol. The summed E-state index contributed by atoms with van der Waals surface area (Å²) in [7, 11) is 4.23. The maximum atomic E-state index is 2.37. The van der Waals surface area contributed by atoms with E-state index in [2.05, 4.69) is 84.0 Å². The van der Waals surface area contributed by atoms with Gasteiger partial charge in [0.1, 0.15) is 0 Å². The maximum absolute atomic E-state index is 2.37. The number of nitrogens with zero attached hydrogens (tertiary/aromatic N) is 3. The highest BCUT2D eigenvalue weighted by molar-refractivity contribution is 5.81. The second-order valence-electron chi connectivity index (χ2n) is 4.77. The minimum atomic E-state index is 0.330. The van der Waals surface area contributed by atoms with Crippen molar-refractivity contribution in [2.24, 2.45) is 7.05 Å². The van der Waals surface area contributed by atoms with Crippen LogP contribution in [0.4, 0.5) is 17.2 Å². The van der Waals surface area contributed by atoms with Crippen molar-refractivity contribution in [1.29, 1.82) is 0 Å². The average Bonchev–Trinajstić information content (AvgIpc) is 2.84. The Labute approximate surface area is 135 Å². The Balaban J connectivity index is 0.000000561. The molecular weight excluding hydrogens is 270 g/mol. The predicted octanol–water partition coefficient (Wildman–Crippen LogP) is 4.50. The van der Waals surface area contributed by atoms with Gasteiger partial charge < -0.3 is 4.90 Å². The molecule has 1 aromatic heterocycles. The van der Waals surface area contributed by atoms with Gasteiger partial charge in [-0.25, -0.2) is 9.47 Å². The molecule has 3 nitrogen and oxygen atoms in total. The Hall–Kier alpha value is -2.03. The Bertz CT molecular complexity index is 580. The van der Waals surface area contributed by atoms with Crippen molar-refractivity contribution in [2.45, 2.75) is 40.8 Å². The van der Waals surface area contributed by atoms with Gasteiger partial charge in [-0.05, 0) is 25.1 Å². The topological polar surface area (TPSA) is 10.4 Å². The maximum Gasteiger partial charge on any atom is 0.283 e. The molecule has 0 amide bonds. The van der Waals surface area contributed by atoms with Crippen molar-refractivity contribution >= 4 is 17.2 Å². The van der Waals surface area contributed by atoms with Crippen LogP contribution in [0.3, 0.4) is 0 Å². The summed E-state index contributed by atoms with van der Waals surface area (Å²) in [6.45, 7) is 10.2. The minimum Gasteiger partial charge on any atom is -0.333 e. The number of aromatic nitrogens is 1. The molecule has 0 saturated carbocycles. The van der Waals surface area contributed by atoms with Crippen molar-refractivity contribution in [3.63, 3.8) is 0 Å². The third-order valence-corrected chi connectivity index (χ3v) is 3.73. The molecule has 3 heteroatoms. The van der Waals surface area contributed by atoms with Gasteiger partial charge in [-0.15, -0.1) is 0 Å². The van der Waals surface area contributed by atoms with Crippen LogP contribution in [0.5, 0.6) is 0 Å². The lowest BCUT2D eigenvalue weighted by Gasteiger charge is -2.21. The zero-order valence-electron chi connectivity index (χ0n) is 15.0. The number of aryl methyl sites for hydroxylation is 1. The minimum absolute atomic E-state index is 0.330. The molecule has 0 spiro atoms. The van der Waals surface area contributed by atoms with Gasteiger partial charge >= 0.3 is 0 Å². The van der Waals surface area contributed by atoms with E-state index >= 15 is 0 Å². The van der Waals surface area contributed by atoms with E-state index in [1.54, 1.807) is 0 Å².